The van der Waals surface area contributed by atoms with E-state index in [9.17, 15) is 4.39 Å². The van der Waals surface area contributed by atoms with Gasteiger partial charge in [-0.25, -0.2) is 4.39 Å². The molecule has 74 valence electrons. The van der Waals surface area contributed by atoms with Gasteiger partial charge in [-0.3, -0.25) is 0 Å². The van der Waals surface area contributed by atoms with Crippen LogP contribution in [-0.2, 0) is 0 Å². The highest BCUT2D eigenvalue weighted by atomic mass is 35.5. The van der Waals surface area contributed by atoms with Crippen molar-refractivity contribution in [3.05, 3.63) is 29.0 Å². The fourth-order valence-electron chi connectivity index (χ4n) is 0.915. The van der Waals surface area contributed by atoms with Gasteiger partial charge in [0.2, 0.25) is 0 Å². The van der Waals surface area contributed by atoms with Gasteiger partial charge in [0.1, 0.15) is 17.6 Å². The SMILES string of the molecule is CCC(C#N)Oc1ccc(F)c(Cl)c1. The van der Waals surface area contributed by atoms with Gasteiger partial charge >= 0.3 is 0 Å². The average molecular weight is 214 g/mol. The number of hydrogen-bond donors (Lipinski definition) is 0. The molecular weight excluding hydrogens is 205 g/mol. The quantitative estimate of drug-likeness (QED) is 0.773. The van der Waals surface area contributed by atoms with Gasteiger partial charge in [0.25, 0.3) is 0 Å². The summed E-state index contributed by atoms with van der Waals surface area (Å²) in [5, 5.41) is 8.62. The van der Waals surface area contributed by atoms with Gasteiger partial charge in [0.05, 0.1) is 5.02 Å². The van der Waals surface area contributed by atoms with Crippen LogP contribution in [0.25, 0.3) is 0 Å². The molecule has 2 nitrogen and oxygen atoms in total. The van der Waals surface area contributed by atoms with Gasteiger partial charge in [-0.1, -0.05) is 18.5 Å². The van der Waals surface area contributed by atoms with Crippen LogP contribution < -0.4 is 4.74 Å². The zero-order valence-corrected chi connectivity index (χ0v) is 8.38. The van der Waals surface area contributed by atoms with Crippen molar-refractivity contribution in [1.82, 2.24) is 0 Å². The number of rotatable bonds is 3. The summed E-state index contributed by atoms with van der Waals surface area (Å²) in [5.41, 5.74) is 0. The molecule has 0 amide bonds. The van der Waals surface area contributed by atoms with Crippen LogP contribution in [0.5, 0.6) is 5.75 Å². The van der Waals surface area contributed by atoms with Gasteiger partial charge < -0.3 is 4.74 Å². The molecule has 0 saturated carbocycles. The van der Waals surface area contributed by atoms with E-state index in [4.69, 9.17) is 21.6 Å². The molecular formula is C10H9ClFNO. The van der Waals surface area contributed by atoms with E-state index < -0.39 is 11.9 Å². The van der Waals surface area contributed by atoms with Crippen molar-refractivity contribution in [2.45, 2.75) is 19.4 Å². The molecule has 1 rings (SSSR count). The van der Waals surface area contributed by atoms with Gasteiger partial charge in [-0.05, 0) is 18.6 Å². The van der Waals surface area contributed by atoms with E-state index in [1.54, 1.807) is 0 Å². The van der Waals surface area contributed by atoms with Gasteiger partial charge in [0.15, 0.2) is 6.10 Å². The lowest BCUT2D eigenvalue weighted by molar-refractivity contribution is 0.251. The van der Waals surface area contributed by atoms with E-state index in [1.165, 1.54) is 18.2 Å². The predicted octanol–water partition coefficient (Wildman–Crippen LogP) is 3.16. The lowest BCUT2D eigenvalue weighted by atomic mass is 10.3. The van der Waals surface area contributed by atoms with Crippen LogP contribution in [-0.4, -0.2) is 6.10 Å². The second-order valence-corrected chi connectivity index (χ2v) is 3.13. The Labute approximate surface area is 86.9 Å². The Kier molecular flexibility index (Phi) is 3.73. The maximum absolute atomic E-state index is 12.7. The van der Waals surface area contributed by atoms with Gasteiger partial charge in [-0.2, -0.15) is 5.26 Å². The minimum Gasteiger partial charge on any atom is -0.476 e. The van der Waals surface area contributed by atoms with Crippen LogP contribution in [0.1, 0.15) is 13.3 Å². The number of nitrogens with zero attached hydrogens (tertiary/aromatic N) is 1. The first-order valence-corrected chi connectivity index (χ1v) is 4.56. The molecule has 0 N–H and O–H groups in total. The normalized spacial score (nSPS) is 11.9. The van der Waals surface area contributed by atoms with Crippen molar-refractivity contribution >= 4 is 11.6 Å². The third-order valence-electron chi connectivity index (χ3n) is 1.68. The molecule has 1 aromatic carbocycles. The summed E-state index contributed by atoms with van der Waals surface area (Å²) in [6.45, 7) is 1.83. The molecule has 0 bridgehead atoms. The molecule has 4 heteroatoms. The number of ether oxygens (including phenoxy) is 1. The van der Waals surface area contributed by atoms with E-state index in [0.29, 0.717) is 12.2 Å². The van der Waals surface area contributed by atoms with Gasteiger partial charge in [0, 0.05) is 6.07 Å². The molecule has 1 atom stereocenters. The monoisotopic (exact) mass is 213 g/mol. The van der Waals surface area contributed by atoms with Crippen molar-refractivity contribution in [2.75, 3.05) is 0 Å². The number of halogens is 2. The first-order chi connectivity index (χ1) is 6.67. The number of nitriles is 1. The van der Waals surface area contributed by atoms with Crippen molar-refractivity contribution in [3.8, 4) is 11.8 Å². The first-order valence-electron chi connectivity index (χ1n) is 4.18. The van der Waals surface area contributed by atoms with E-state index in [2.05, 4.69) is 0 Å². The number of hydrogen-bond acceptors (Lipinski definition) is 2. The Morgan fingerprint density at radius 3 is 2.86 bits per heavy atom. The molecule has 0 heterocycles. The highest BCUT2D eigenvalue weighted by Gasteiger charge is 2.07. The second kappa shape index (κ2) is 4.83. The van der Waals surface area contributed by atoms with Gasteiger partial charge in [-0.15, -0.1) is 0 Å². The largest absolute Gasteiger partial charge is 0.476 e. The molecule has 0 fully saturated rings. The Bertz CT molecular complexity index is 362. The maximum atomic E-state index is 12.7. The van der Waals surface area contributed by atoms with Crippen molar-refractivity contribution < 1.29 is 9.13 Å². The molecule has 0 aliphatic rings. The lowest BCUT2D eigenvalue weighted by Crippen LogP contribution is -2.12. The summed E-state index contributed by atoms with van der Waals surface area (Å²) in [7, 11) is 0. The molecule has 0 aliphatic heterocycles. The molecule has 1 aromatic rings. The molecule has 14 heavy (non-hydrogen) atoms. The van der Waals surface area contributed by atoms with Crippen LogP contribution in [0.15, 0.2) is 18.2 Å². The fourth-order valence-corrected chi connectivity index (χ4v) is 1.09. The van der Waals surface area contributed by atoms with Crippen LogP contribution >= 0.6 is 11.6 Å². The minimum atomic E-state index is -0.517. The third-order valence-corrected chi connectivity index (χ3v) is 1.97. The predicted molar refractivity (Wildman–Crippen MR) is 51.7 cm³/mol. The summed E-state index contributed by atoms with van der Waals surface area (Å²) in [6, 6.07) is 5.99. The van der Waals surface area contributed by atoms with Crippen molar-refractivity contribution in [3.63, 3.8) is 0 Å². The maximum Gasteiger partial charge on any atom is 0.184 e. The molecule has 0 aromatic heterocycles. The van der Waals surface area contributed by atoms with Crippen LogP contribution in [0, 0.1) is 17.1 Å². The smallest absolute Gasteiger partial charge is 0.184 e. The molecule has 0 radical (unpaired) electrons. The highest BCUT2D eigenvalue weighted by molar-refractivity contribution is 6.30. The minimum absolute atomic E-state index is 0.00436. The second-order valence-electron chi connectivity index (χ2n) is 2.72. The zero-order valence-electron chi connectivity index (χ0n) is 7.63. The van der Waals surface area contributed by atoms with E-state index in [-0.39, 0.29) is 5.02 Å². The van der Waals surface area contributed by atoms with Crippen molar-refractivity contribution in [1.29, 1.82) is 5.26 Å². The summed E-state index contributed by atoms with van der Waals surface area (Å²) in [6.07, 6.45) is 0.0578. The zero-order chi connectivity index (χ0) is 10.6. The highest BCUT2D eigenvalue weighted by Crippen LogP contribution is 2.22. The molecule has 0 spiro atoms. The Morgan fingerprint density at radius 2 is 2.36 bits per heavy atom. The van der Waals surface area contributed by atoms with E-state index in [0.717, 1.165) is 0 Å². The number of benzene rings is 1. The summed E-state index contributed by atoms with van der Waals surface area (Å²) < 4.78 is 18.0. The summed E-state index contributed by atoms with van der Waals surface area (Å²) >= 11 is 5.55. The fraction of sp³-hybridized carbons (Fsp3) is 0.300. The Balaban J connectivity index is 2.78. The third kappa shape index (κ3) is 2.61. The lowest BCUT2D eigenvalue weighted by Gasteiger charge is -2.10. The Morgan fingerprint density at radius 1 is 1.64 bits per heavy atom. The van der Waals surface area contributed by atoms with E-state index in [1.807, 2.05) is 13.0 Å². The Hall–Kier alpha value is -1.27. The van der Waals surface area contributed by atoms with Crippen LogP contribution in [0.3, 0.4) is 0 Å². The molecule has 0 saturated heterocycles. The van der Waals surface area contributed by atoms with Crippen LogP contribution in [0.4, 0.5) is 4.39 Å². The summed E-state index contributed by atoms with van der Waals surface area (Å²) in [4.78, 5) is 0. The van der Waals surface area contributed by atoms with Crippen LogP contribution in [0.2, 0.25) is 5.02 Å². The van der Waals surface area contributed by atoms with Crippen molar-refractivity contribution in [2.24, 2.45) is 0 Å². The first kappa shape index (κ1) is 10.8. The topological polar surface area (TPSA) is 33.0 Å². The molecule has 0 aliphatic carbocycles. The average Bonchev–Trinajstić information content (AvgIpc) is 2.19. The van der Waals surface area contributed by atoms with E-state index >= 15 is 0 Å². The summed E-state index contributed by atoms with van der Waals surface area (Å²) in [5.74, 6) is -0.0891. The molecule has 1 unspecified atom stereocenters. The standard InChI is InChI=1S/C10H9ClFNO/c1-2-7(6-13)14-8-3-4-10(12)9(11)5-8/h3-5,7H,2H2,1H3.